The largest absolute Gasteiger partial charge is 0.355 e. The van der Waals surface area contributed by atoms with Gasteiger partial charge in [0.25, 0.3) is 0 Å². The first-order chi connectivity index (χ1) is 11.5. The van der Waals surface area contributed by atoms with E-state index in [9.17, 15) is 9.18 Å². The van der Waals surface area contributed by atoms with Gasteiger partial charge in [0.05, 0.1) is 17.5 Å². The van der Waals surface area contributed by atoms with Crippen LogP contribution in [0.1, 0.15) is 11.4 Å². The number of benzene rings is 2. The molecule has 0 radical (unpaired) electrons. The Hall–Kier alpha value is -2.40. The molecule has 1 N–H and O–H groups in total. The van der Waals surface area contributed by atoms with E-state index < -0.39 is 0 Å². The van der Waals surface area contributed by atoms with Crippen LogP contribution in [0.4, 0.5) is 4.39 Å². The van der Waals surface area contributed by atoms with Crippen LogP contribution in [0, 0.1) is 5.82 Å². The van der Waals surface area contributed by atoms with E-state index in [4.69, 9.17) is 11.6 Å². The molecule has 0 aliphatic heterocycles. The Bertz CT molecular complexity index is 874. The second kappa shape index (κ2) is 7.01. The number of hydrogen-bond acceptors (Lipinski definition) is 2. The number of aromatic nitrogens is 2. The van der Waals surface area contributed by atoms with Gasteiger partial charge in [-0.2, -0.15) is 0 Å². The molecular weight excluding hydrogens is 329 g/mol. The van der Waals surface area contributed by atoms with E-state index >= 15 is 0 Å². The lowest BCUT2D eigenvalue weighted by atomic mass is 10.1. The minimum Gasteiger partial charge on any atom is -0.355 e. The molecule has 0 aliphatic carbocycles. The third-order valence-corrected chi connectivity index (χ3v) is 4.14. The van der Waals surface area contributed by atoms with Gasteiger partial charge in [-0.25, -0.2) is 9.37 Å². The van der Waals surface area contributed by atoms with Gasteiger partial charge in [-0.1, -0.05) is 23.7 Å². The van der Waals surface area contributed by atoms with E-state index in [-0.39, 0.29) is 11.7 Å². The lowest BCUT2D eigenvalue weighted by Gasteiger charge is -2.06. The number of rotatable bonds is 5. The van der Waals surface area contributed by atoms with Crippen LogP contribution in [0.15, 0.2) is 42.5 Å². The van der Waals surface area contributed by atoms with Gasteiger partial charge in [0.1, 0.15) is 11.6 Å². The molecule has 0 spiro atoms. The Morgan fingerprint density at radius 2 is 2.00 bits per heavy atom. The van der Waals surface area contributed by atoms with Gasteiger partial charge in [-0.3, -0.25) is 4.79 Å². The minimum atomic E-state index is -0.284. The van der Waals surface area contributed by atoms with Crippen molar-refractivity contribution in [1.82, 2.24) is 14.9 Å². The maximum atomic E-state index is 13.3. The number of nitrogens with zero attached hydrogens (tertiary/aromatic N) is 2. The van der Waals surface area contributed by atoms with Crippen LogP contribution in [0.2, 0.25) is 5.02 Å². The normalized spacial score (nSPS) is 11.0. The summed E-state index contributed by atoms with van der Waals surface area (Å²) >= 11 is 5.82. The molecule has 6 heteroatoms. The molecule has 0 atom stereocenters. The van der Waals surface area contributed by atoms with Gasteiger partial charge in [-0.15, -0.1) is 0 Å². The summed E-state index contributed by atoms with van der Waals surface area (Å²) in [4.78, 5) is 16.4. The number of carbonyl (C=O) groups excluding carboxylic acids is 1. The molecule has 1 amide bonds. The zero-order valence-corrected chi connectivity index (χ0v) is 14.0. The zero-order valence-electron chi connectivity index (χ0n) is 13.2. The highest BCUT2D eigenvalue weighted by molar-refractivity contribution is 6.30. The molecule has 0 saturated heterocycles. The summed E-state index contributed by atoms with van der Waals surface area (Å²) < 4.78 is 15.2. The lowest BCUT2D eigenvalue weighted by Crippen LogP contribution is -2.27. The Kier molecular flexibility index (Phi) is 4.81. The van der Waals surface area contributed by atoms with Crippen LogP contribution >= 0.6 is 11.6 Å². The van der Waals surface area contributed by atoms with Crippen LogP contribution in [0.25, 0.3) is 11.0 Å². The van der Waals surface area contributed by atoms with Crippen LogP contribution in [-0.4, -0.2) is 22.0 Å². The molecule has 4 nitrogen and oxygen atoms in total. The lowest BCUT2D eigenvalue weighted by molar-refractivity contribution is -0.120. The van der Waals surface area contributed by atoms with Gasteiger partial charge in [-0.05, 0) is 35.9 Å². The highest BCUT2D eigenvalue weighted by Crippen LogP contribution is 2.16. The van der Waals surface area contributed by atoms with E-state index in [0.29, 0.717) is 24.4 Å². The van der Waals surface area contributed by atoms with Crippen molar-refractivity contribution < 1.29 is 9.18 Å². The van der Waals surface area contributed by atoms with E-state index in [0.717, 1.165) is 22.4 Å². The summed E-state index contributed by atoms with van der Waals surface area (Å²) in [5.41, 5.74) is 2.41. The van der Waals surface area contributed by atoms with Gasteiger partial charge in [0.15, 0.2) is 0 Å². The predicted molar refractivity (Wildman–Crippen MR) is 92.5 cm³/mol. The number of imidazole rings is 1. The average Bonchev–Trinajstić information content (AvgIpc) is 2.86. The van der Waals surface area contributed by atoms with Crippen LogP contribution < -0.4 is 5.32 Å². The molecule has 0 fully saturated rings. The third-order valence-electron chi connectivity index (χ3n) is 3.88. The Labute approximate surface area is 144 Å². The number of halogens is 2. The van der Waals surface area contributed by atoms with E-state index in [2.05, 4.69) is 10.3 Å². The molecule has 0 unspecified atom stereocenters. The molecule has 1 aromatic heterocycles. The summed E-state index contributed by atoms with van der Waals surface area (Å²) in [7, 11) is 1.85. The van der Waals surface area contributed by atoms with E-state index in [1.807, 2.05) is 23.7 Å². The fourth-order valence-corrected chi connectivity index (χ4v) is 2.73. The summed E-state index contributed by atoms with van der Waals surface area (Å²) in [5, 5.41) is 3.53. The van der Waals surface area contributed by atoms with Gasteiger partial charge >= 0.3 is 0 Å². The van der Waals surface area contributed by atoms with E-state index in [1.54, 1.807) is 18.2 Å². The van der Waals surface area contributed by atoms with Crippen molar-refractivity contribution in [3.8, 4) is 0 Å². The molecule has 124 valence electrons. The summed E-state index contributed by atoms with van der Waals surface area (Å²) in [6.45, 7) is 0.478. The van der Waals surface area contributed by atoms with Crippen LogP contribution in [0.5, 0.6) is 0 Å². The summed E-state index contributed by atoms with van der Waals surface area (Å²) in [6.07, 6.45) is 0.893. The van der Waals surface area contributed by atoms with E-state index in [1.165, 1.54) is 12.1 Å². The summed E-state index contributed by atoms with van der Waals surface area (Å²) in [6, 6.07) is 11.7. The maximum absolute atomic E-state index is 13.3. The molecule has 1 heterocycles. The predicted octanol–water partition coefficient (Wildman–Crippen LogP) is 3.27. The highest BCUT2D eigenvalue weighted by atomic mass is 35.5. The molecule has 3 aromatic rings. The molecule has 0 saturated carbocycles. The molecule has 24 heavy (non-hydrogen) atoms. The maximum Gasteiger partial charge on any atom is 0.224 e. The first kappa shape index (κ1) is 16.5. The van der Waals surface area contributed by atoms with Gasteiger partial charge in [0.2, 0.25) is 5.91 Å². The Balaban J connectivity index is 1.57. The second-order valence-corrected chi connectivity index (χ2v) is 6.06. The molecule has 2 aromatic carbocycles. The Morgan fingerprint density at radius 3 is 2.75 bits per heavy atom. The fraction of sp³-hybridized carbons (Fsp3) is 0.222. The van der Waals surface area contributed by atoms with Crippen LogP contribution in [0.3, 0.4) is 0 Å². The number of carbonyl (C=O) groups is 1. The van der Waals surface area contributed by atoms with Crippen molar-refractivity contribution in [2.24, 2.45) is 7.05 Å². The zero-order chi connectivity index (χ0) is 17.1. The molecular formula is C18H17ClFN3O. The average molecular weight is 346 g/mol. The highest BCUT2D eigenvalue weighted by Gasteiger charge is 2.09. The first-order valence-corrected chi connectivity index (χ1v) is 8.03. The Morgan fingerprint density at radius 1 is 1.25 bits per heavy atom. The number of hydrogen-bond donors (Lipinski definition) is 1. The number of aryl methyl sites for hydroxylation is 1. The van der Waals surface area contributed by atoms with Crippen LogP contribution in [-0.2, 0) is 24.7 Å². The van der Waals surface area contributed by atoms with Crippen molar-refractivity contribution >= 4 is 28.5 Å². The fourth-order valence-electron chi connectivity index (χ4n) is 2.60. The quantitative estimate of drug-likeness (QED) is 0.771. The third kappa shape index (κ3) is 3.74. The standard InChI is InChI=1S/C18H17ClFN3O/c1-23-16-11-14(20)6-7-15(16)22-17(23)8-9-21-18(24)10-12-2-4-13(19)5-3-12/h2-7,11H,8-10H2,1H3,(H,21,24). The van der Waals surface area contributed by atoms with Crippen molar-refractivity contribution in [2.75, 3.05) is 6.54 Å². The number of amides is 1. The van der Waals surface area contributed by atoms with Crippen molar-refractivity contribution in [3.05, 3.63) is 64.7 Å². The first-order valence-electron chi connectivity index (χ1n) is 7.65. The van der Waals surface area contributed by atoms with Gasteiger partial charge < -0.3 is 9.88 Å². The number of fused-ring (bicyclic) bond motifs is 1. The monoisotopic (exact) mass is 345 g/mol. The van der Waals surface area contributed by atoms with Crippen molar-refractivity contribution in [3.63, 3.8) is 0 Å². The SMILES string of the molecule is Cn1c(CCNC(=O)Cc2ccc(Cl)cc2)nc2ccc(F)cc21. The minimum absolute atomic E-state index is 0.0536. The topological polar surface area (TPSA) is 46.9 Å². The second-order valence-electron chi connectivity index (χ2n) is 5.62. The molecule has 0 aliphatic rings. The van der Waals surface area contributed by atoms with Gasteiger partial charge in [0, 0.05) is 25.0 Å². The molecule has 0 bridgehead atoms. The number of nitrogens with one attached hydrogen (secondary N) is 1. The van der Waals surface area contributed by atoms with Crippen molar-refractivity contribution in [2.45, 2.75) is 12.8 Å². The smallest absolute Gasteiger partial charge is 0.224 e. The van der Waals surface area contributed by atoms with Crippen molar-refractivity contribution in [1.29, 1.82) is 0 Å². The summed E-state index contributed by atoms with van der Waals surface area (Å²) in [5.74, 6) is 0.470. The molecule has 3 rings (SSSR count).